The lowest BCUT2D eigenvalue weighted by Gasteiger charge is -2.16. The number of carbonyl (C=O) groups excluding carboxylic acids is 1. The summed E-state index contributed by atoms with van der Waals surface area (Å²) in [5.41, 5.74) is 8.20. The third kappa shape index (κ3) is 3.15. The fraction of sp³-hybridized carbons (Fsp3) is 0.250. The summed E-state index contributed by atoms with van der Waals surface area (Å²) in [6, 6.07) is 11.8. The molecule has 0 saturated carbocycles. The molecule has 20 heavy (non-hydrogen) atoms. The largest absolute Gasteiger partial charge is 0.365 e. The number of aryl methyl sites for hydroxylation is 1. The SMILES string of the molecule is CCc1ccc(C(C)Nc2ncccc2C(N)=O)cc1. The van der Waals surface area contributed by atoms with Gasteiger partial charge in [-0.15, -0.1) is 0 Å². The molecule has 0 aliphatic carbocycles. The monoisotopic (exact) mass is 269 g/mol. The van der Waals surface area contributed by atoms with Gasteiger partial charge in [-0.05, 0) is 36.6 Å². The van der Waals surface area contributed by atoms with E-state index in [2.05, 4.69) is 41.5 Å². The zero-order chi connectivity index (χ0) is 14.5. The van der Waals surface area contributed by atoms with Crippen LogP contribution in [-0.4, -0.2) is 10.9 Å². The molecule has 1 aromatic carbocycles. The Morgan fingerprint density at radius 2 is 2.00 bits per heavy atom. The molecule has 3 N–H and O–H groups in total. The predicted octanol–water partition coefficient (Wildman–Crippen LogP) is 2.92. The molecule has 1 atom stereocenters. The molecule has 0 bridgehead atoms. The van der Waals surface area contributed by atoms with Crippen molar-refractivity contribution in [2.75, 3.05) is 5.32 Å². The first kappa shape index (κ1) is 14.1. The summed E-state index contributed by atoms with van der Waals surface area (Å²) >= 11 is 0. The predicted molar refractivity (Wildman–Crippen MR) is 80.6 cm³/mol. The molecule has 1 heterocycles. The summed E-state index contributed by atoms with van der Waals surface area (Å²) in [6.45, 7) is 4.16. The number of pyridine rings is 1. The highest BCUT2D eigenvalue weighted by Crippen LogP contribution is 2.20. The highest BCUT2D eigenvalue weighted by Gasteiger charge is 2.12. The van der Waals surface area contributed by atoms with Crippen molar-refractivity contribution in [3.05, 3.63) is 59.3 Å². The Hall–Kier alpha value is -2.36. The van der Waals surface area contributed by atoms with Gasteiger partial charge in [0.25, 0.3) is 5.91 Å². The third-order valence-corrected chi connectivity index (χ3v) is 3.31. The maximum absolute atomic E-state index is 11.4. The second-order valence-electron chi connectivity index (χ2n) is 4.72. The number of nitrogens with zero attached hydrogens (tertiary/aromatic N) is 1. The Morgan fingerprint density at radius 1 is 1.30 bits per heavy atom. The topological polar surface area (TPSA) is 68.0 Å². The van der Waals surface area contributed by atoms with E-state index in [0.29, 0.717) is 11.4 Å². The maximum atomic E-state index is 11.4. The lowest BCUT2D eigenvalue weighted by atomic mass is 10.0. The van der Waals surface area contributed by atoms with Crippen LogP contribution in [0.2, 0.25) is 0 Å². The Bertz CT molecular complexity index is 593. The van der Waals surface area contributed by atoms with Crippen molar-refractivity contribution in [3.8, 4) is 0 Å². The summed E-state index contributed by atoms with van der Waals surface area (Å²) in [6.07, 6.45) is 2.66. The normalized spacial score (nSPS) is 11.9. The van der Waals surface area contributed by atoms with Crippen LogP contribution in [0.5, 0.6) is 0 Å². The van der Waals surface area contributed by atoms with Gasteiger partial charge in [0.2, 0.25) is 0 Å². The number of hydrogen-bond donors (Lipinski definition) is 2. The summed E-state index contributed by atoms with van der Waals surface area (Å²) in [5, 5.41) is 3.23. The first-order chi connectivity index (χ1) is 9.61. The second-order valence-corrected chi connectivity index (χ2v) is 4.72. The van der Waals surface area contributed by atoms with Crippen molar-refractivity contribution >= 4 is 11.7 Å². The van der Waals surface area contributed by atoms with Gasteiger partial charge in [0, 0.05) is 12.2 Å². The highest BCUT2D eigenvalue weighted by atomic mass is 16.1. The fourth-order valence-electron chi connectivity index (χ4n) is 2.05. The van der Waals surface area contributed by atoms with E-state index < -0.39 is 5.91 Å². The average Bonchev–Trinajstić information content (AvgIpc) is 2.47. The smallest absolute Gasteiger partial charge is 0.252 e. The van der Waals surface area contributed by atoms with E-state index in [1.807, 2.05) is 6.92 Å². The van der Waals surface area contributed by atoms with Crippen LogP contribution >= 0.6 is 0 Å². The first-order valence-electron chi connectivity index (χ1n) is 6.72. The lowest BCUT2D eigenvalue weighted by molar-refractivity contribution is 0.100. The standard InChI is InChI=1S/C16H19N3O/c1-3-12-6-8-13(9-7-12)11(2)19-16-14(15(17)20)5-4-10-18-16/h4-11H,3H2,1-2H3,(H2,17,20)(H,18,19). The molecular weight excluding hydrogens is 250 g/mol. The lowest BCUT2D eigenvalue weighted by Crippen LogP contribution is -2.17. The van der Waals surface area contributed by atoms with Crippen molar-refractivity contribution in [1.82, 2.24) is 4.98 Å². The van der Waals surface area contributed by atoms with Crippen molar-refractivity contribution in [2.45, 2.75) is 26.3 Å². The number of amides is 1. The number of rotatable bonds is 5. The Kier molecular flexibility index (Phi) is 4.35. The fourth-order valence-corrected chi connectivity index (χ4v) is 2.05. The van der Waals surface area contributed by atoms with Crippen LogP contribution < -0.4 is 11.1 Å². The van der Waals surface area contributed by atoms with Crippen LogP contribution in [0.15, 0.2) is 42.6 Å². The molecule has 104 valence electrons. The van der Waals surface area contributed by atoms with Crippen molar-refractivity contribution in [2.24, 2.45) is 5.73 Å². The van der Waals surface area contributed by atoms with E-state index in [4.69, 9.17) is 5.73 Å². The van der Waals surface area contributed by atoms with E-state index in [1.54, 1.807) is 18.3 Å². The minimum Gasteiger partial charge on any atom is -0.365 e. The molecule has 2 rings (SSSR count). The third-order valence-electron chi connectivity index (χ3n) is 3.31. The van der Waals surface area contributed by atoms with Crippen LogP contribution in [0.3, 0.4) is 0 Å². The number of nitrogens with two attached hydrogens (primary N) is 1. The van der Waals surface area contributed by atoms with Gasteiger partial charge in [-0.3, -0.25) is 4.79 Å². The molecule has 0 aliphatic heterocycles. The summed E-state index contributed by atoms with van der Waals surface area (Å²) in [7, 11) is 0. The quantitative estimate of drug-likeness (QED) is 0.877. The molecule has 0 radical (unpaired) electrons. The number of carbonyl (C=O) groups is 1. The molecule has 0 spiro atoms. The number of anilines is 1. The summed E-state index contributed by atoms with van der Waals surface area (Å²) in [4.78, 5) is 15.6. The summed E-state index contributed by atoms with van der Waals surface area (Å²) in [5.74, 6) is 0.0428. The number of nitrogens with one attached hydrogen (secondary N) is 1. The maximum Gasteiger partial charge on any atom is 0.252 e. The number of benzene rings is 1. The highest BCUT2D eigenvalue weighted by molar-refractivity contribution is 5.97. The molecular formula is C16H19N3O. The Labute approximate surface area is 119 Å². The van der Waals surface area contributed by atoms with Crippen LogP contribution in [0, 0.1) is 0 Å². The molecule has 4 nitrogen and oxygen atoms in total. The zero-order valence-electron chi connectivity index (χ0n) is 11.8. The van der Waals surface area contributed by atoms with Crippen molar-refractivity contribution in [1.29, 1.82) is 0 Å². The summed E-state index contributed by atoms with van der Waals surface area (Å²) < 4.78 is 0. The number of hydrogen-bond acceptors (Lipinski definition) is 3. The molecule has 1 aromatic heterocycles. The minimum atomic E-state index is -0.478. The molecule has 2 aromatic rings. The van der Waals surface area contributed by atoms with E-state index in [0.717, 1.165) is 12.0 Å². The van der Waals surface area contributed by atoms with Crippen LogP contribution in [0.1, 0.15) is 41.4 Å². The van der Waals surface area contributed by atoms with Gasteiger partial charge in [-0.2, -0.15) is 0 Å². The number of primary amides is 1. The van der Waals surface area contributed by atoms with Gasteiger partial charge < -0.3 is 11.1 Å². The second kappa shape index (κ2) is 6.19. The van der Waals surface area contributed by atoms with E-state index in [-0.39, 0.29) is 6.04 Å². The van der Waals surface area contributed by atoms with Crippen molar-refractivity contribution in [3.63, 3.8) is 0 Å². The van der Waals surface area contributed by atoms with Crippen LogP contribution in [0.25, 0.3) is 0 Å². The van der Waals surface area contributed by atoms with Gasteiger partial charge in [0.05, 0.1) is 5.56 Å². The van der Waals surface area contributed by atoms with Gasteiger partial charge in [0.15, 0.2) is 0 Å². The van der Waals surface area contributed by atoms with E-state index in [9.17, 15) is 4.79 Å². The Balaban J connectivity index is 2.18. The van der Waals surface area contributed by atoms with Gasteiger partial charge in [-0.25, -0.2) is 4.98 Å². The zero-order valence-corrected chi connectivity index (χ0v) is 11.8. The first-order valence-corrected chi connectivity index (χ1v) is 6.72. The average molecular weight is 269 g/mol. The van der Waals surface area contributed by atoms with E-state index in [1.165, 1.54) is 5.56 Å². The molecule has 0 saturated heterocycles. The molecule has 1 amide bonds. The Morgan fingerprint density at radius 3 is 2.60 bits per heavy atom. The number of aromatic nitrogens is 1. The van der Waals surface area contributed by atoms with Crippen LogP contribution in [-0.2, 0) is 6.42 Å². The van der Waals surface area contributed by atoms with Gasteiger partial charge in [-0.1, -0.05) is 31.2 Å². The molecule has 0 aliphatic rings. The molecule has 0 fully saturated rings. The van der Waals surface area contributed by atoms with Crippen molar-refractivity contribution < 1.29 is 4.79 Å². The molecule has 1 unspecified atom stereocenters. The van der Waals surface area contributed by atoms with Gasteiger partial charge in [0.1, 0.15) is 5.82 Å². The molecule has 4 heteroatoms. The van der Waals surface area contributed by atoms with Gasteiger partial charge >= 0.3 is 0 Å². The minimum absolute atomic E-state index is 0.0499. The van der Waals surface area contributed by atoms with E-state index >= 15 is 0 Å². The van der Waals surface area contributed by atoms with Crippen LogP contribution in [0.4, 0.5) is 5.82 Å².